The molecule has 5 atom stereocenters. The number of likely N-dealkylation sites (tertiary alicyclic amines) is 1. The first-order valence-corrected chi connectivity index (χ1v) is 9.72. The number of amides is 2. The van der Waals surface area contributed by atoms with Crippen LogP contribution in [-0.4, -0.2) is 46.6 Å². The second kappa shape index (κ2) is 5.07. The Morgan fingerprint density at radius 2 is 2.08 bits per heavy atom. The Hall–Kier alpha value is -1.87. The topological polar surface area (TPSA) is 96.5 Å². The summed E-state index contributed by atoms with van der Waals surface area (Å²) in [6, 6.07) is 0. The highest BCUT2D eigenvalue weighted by atomic mass is 32.2. The molecule has 25 heavy (non-hydrogen) atoms. The molecule has 7 nitrogen and oxygen atoms in total. The van der Waals surface area contributed by atoms with Gasteiger partial charge in [-0.2, -0.15) is 0 Å². The Morgan fingerprint density at radius 3 is 2.84 bits per heavy atom. The first-order valence-electron chi connectivity index (χ1n) is 8.03. The molecule has 0 unspecified atom stereocenters. The number of thioether (sulfide) groups is 1. The number of thiazole rings is 1. The SMILES string of the molecule is COC(=O)CN1C(=O)[C@@H]2[C@@H](C1=O)[C@@H]1C[C@@H]2C2=Cc3sc(=O)[nH]c3S[C@H]21. The number of aromatic nitrogens is 1. The van der Waals surface area contributed by atoms with Gasteiger partial charge in [-0.25, -0.2) is 0 Å². The third-order valence-corrected chi connectivity index (χ3v) is 8.15. The van der Waals surface area contributed by atoms with Crippen molar-refractivity contribution in [2.24, 2.45) is 23.7 Å². The van der Waals surface area contributed by atoms with E-state index in [9.17, 15) is 19.2 Å². The lowest BCUT2D eigenvalue weighted by molar-refractivity contribution is -0.151. The van der Waals surface area contributed by atoms with E-state index in [1.807, 2.05) is 6.08 Å². The molecule has 1 N–H and O–H groups in total. The Morgan fingerprint density at radius 1 is 1.32 bits per heavy atom. The number of ether oxygens (including phenoxy) is 1. The van der Waals surface area contributed by atoms with Gasteiger partial charge in [-0.3, -0.25) is 24.1 Å². The van der Waals surface area contributed by atoms with Crippen LogP contribution in [0.15, 0.2) is 15.4 Å². The minimum Gasteiger partial charge on any atom is -0.468 e. The summed E-state index contributed by atoms with van der Waals surface area (Å²) in [5.74, 6) is -1.73. The Labute approximate surface area is 150 Å². The molecule has 1 aromatic heterocycles. The highest BCUT2D eigenvalue weighted by Gasteiger charge is 2.66. The molecule has 2 aliphatic heterocycles. The maximum absolute atomic E-state index is 12.8. The maximum Gasteiger partial charge on any atom is 0.325 e. The number of hydrogen-bond acceptors (Lipinski definition) is 7. The van der Waals surface area contributed by atoms with Crippen molar-refractivity contribution in [3.05, 3.63) is 20.1 Å². The van der Waals surface area contributed by atoms with Crippen LogP contribution < -0.4 is 4.87 Å². The molecule has 2 amide bonds. The third kappa shape index (κ3) is 1.93. The smallest absolute Gasteiger partial charge is 0.325 e. The van der Waals surface area contributed by atoms with Crippen molar-refractivity contribution in [3.63, 3.8) is 0 Å². The number of methoxy groups -OCH3 is 1. The van der Waals surface area contributed by atoms with E-state index in [0.717, 1.165) is 21.2 Å². The molecule has 0 radical (unpaired) electrons. The summed E-state index contributed by atoms with van der Waals surface area (Å²) in [6.07, 6.45) is 2.85. The number of nitrogens with one attached hydrogen (secondary N) is 1. The van der Waals surface area contributed by atoms with Gasteiger partial charge in [0.1, 0.15) is 6.54 Å². The van der Waals surface area contributed by atoms with Gasteiger partial charge in [-0.15, -0.1) is 0 Å². The van der Waals surface area contributed by atoms with Gasteiger partial charge in [0, 0.05) is 5.25 Å². The maximum atomic E-state index is 12.8. The molecule has 0 spiro atoms. The van der Waals surface area contributed by atoms with Crippen LogP contribution in [0.1, 0.15) is 11.3 Å². The highest BCUT2D eigenvalue weighted by Crippen LogP contribution is 2.64. The van der Waals surface area contributed by atoms with Gasteiger partial charge in [0.05, 0.1) is 28.8 Å². The van der Waals surface area contributed by atoms with Gasteiger partial charge in [0.15, 0.2) is 0 Å². The summed E-state index contributed by atoms with van der Waals surface area (Å²) in [6.45, 7) is -0.307. The van der Waals surface area contributed by atoms with E-state index in [1.165, 1.54) is 24.0 Å². The molecule has 2 aliphatic carbocycles. The number of aromatic amines is 1. The van der Waals surface area contributed by atoms with E-state index in [0.29, 0.717) is 0 Å². The zero-order valence-electron chi connectivity index (χ0n) is 13.2. The molecule has 1 aromatic rings. The van der Waals surface area contributed by atoms with Crippen LogP contribution in [-0.2, 0) is 19.1 Å². The minimum absolute atomic E-state index is 0.0250. The average Bonchev–Trinajstić information content (AvgIpc) is 3.29. The van der Waals surface area contributed by atoms with Crippen molar-refractivity contribution >= 4 is 47.0 Å². The molecule has 130 valence electrons. The number of hydrogen-bond donors (Lipinski definition) is 1. The molecular formula is C16H14N2O5S2. The van der Waals surface area contributed by atoms with E-state index < -0.39 is 5.97 Å². The molecule has 3 heterocycles. The summed E-state index contributed by atoms with van der Waals surface area (Å²) in [7, 11) is 1.24. The number of esters is 1. The molecule has 3 fully saturated rings. The monoisotopic (exact) mass is 378 g/mol. The fourth-order valence-electron chi connectivity index (χ4n) is 4.83. The number of carbonyl (C=O) groups is 3. The van der Waals surface area contributed by atoms with Crippen LogP contribution in [0.5, 0.6) is 0 Å². The lowest BCUT2D eigenvalue weighted by Crippen LogP contribution is -2.37. The van der Waals surface area contributed by atoms with Gasteiger partial charge in [-0.1, -0.05) is 28.7 Å². The van der Waals surface area contributed by atoms with Crippen LogP contribution in [0.4, 0.5) is 0 Å². The number of imide groups is 1. The molecule has 2 bridgehead atoms. The standard InChI is InChI=1S/C16H14N2O5S2/c1-23-9(19)4-18-14(20)10-5-2-7(11(10)15(18)21)12-6(5)3-8-13(25-12)17-16(22)24-8/h3,5,7,10-12H,2,4H2,1H3,(H,17,22)/t5-,7+,10+,11+,12-/m1/s1. The van der Waals surface area contributed by atoms with E-state index in [-0.39, 0.29) is 52.2 Å². The van der Waals surface area contributed by atoms with Crippen molar-refractivity contribution < 1.29 is 19.1 Å². The largest absolute Gasteiger partial charge is 0.468 e. The van der Waals surface area contributed by atoms with Gasteiger partial charge < -0.3 is 9.72 Å². The Balaban J connectivity index is 1.51. The van der Waals surface area contributed by atoms with Crippen molar-refractivity contribution in [1.29, 1.82) is 0 Å². The summed E-state index contributed by atoms with van der Waals surface area (Å²) >= 11 is 2.77. The van der Waals surface area contributed by atoms with Crippen LogP contribution in [0, 0.1) is 23.7 Å². The average molecular weight is 378 g/mol. The first kappa shape index (κ1) is 15.4. The van der Waals surface area contributed by atoms with E-state index in [2.05, 4.69) is 9.72 Å². The zero-order chi connectivity index (χ0) is 17.5. The summed E-state index contributed by atoms with van der Waals surface area (Å²) in [4.78, 5) is 53.4. The van der Waals surface area contributed by atoms with Crippen LogP contribution in [0.2, 0.25) is 0 Å². The molecule has 1 saturated heterocycles. The van der Waals surface area contributed by atoms with Gasteiger partial charge in [0.2, 0.25) is 11.8 Å². The molecule has 5 rings (SSSR count). The van der Waals surface area contributed by atoms with Crippen molar-refractivity contribution in [3.8, 4) is 0 Å². The quantitative estimate of drug-likeness (QED) is 0.602. The van der Waals surface area contributed by atoms with Crippen LogP contribution in [0.3, 0.4) is 0 Å². The second-order valence-corrected chi connectivity index (χ2v) is 8.95. The lowest BCUT2D eigenvalue weighted by Gasteiger charge is -2.32. The molecule has 2 saturated carbocycles. The number of fused-ring (bicyclic) bond motifs is 9. The van der Waals surface area contributed by atoms with Crippen LogP contribution >= 0.6 is 23.1 Å². The molecule has 9 heteroatoms. The van der Waals surface area contributed by atoms with Crippen molar-refractivity contribution in [2.75, 3.05) is 13.7 Å². The summed E-state index contributed by atoms with van der Waals surface area (Å²) in [5.41, 5.74) is 1.17. The van der Waals surface area contributed by atoms with Gasteiger partial charge >= 0.3 is 10.8 Å². The number of rotatable bonds is 2. The van der Waals surface area contributed by atoms with E-state index >= 15 is 0 Å². The Bertz CT molecular complexity index is 916. The van der Waals surface area contributed by atoms with Gasteiger partial charge in [-0.05, 0) is 24.3 Å². The number of nitrogens with zero attached hydrogens (tertiary/aromatic N) is 1. The second-order valence-electron chi connectivity index (χ2n) is 6.79. The first-order chi connectivity index (χ1) is 12.0. The third-order valence-electron chi connectivity index (χ3n) is 5.76. The zero-order valence-corrected chi connectivity index (χ0v) is 14.8. The van der Waals surface area contributed by atoms with Gasteiger partial charge in [0.25, 0.3) is 0 Å². The summed E-state index contributed by atoms with van der Waals surface area (Å²) < 4.78 is 4.61. The molecular weight excluding hydrogens is 364 g/mol. The summed E-state index contributed by atoms with van der Waals surface area (Å²) in [5, 5.41) is 0.981. The van der Waals surface area contributed by atoms with E-state index in [4.69, 9.17) is 0 Å². The highest BCUT2D eigenvalue weighted by molar-refractivity contribution is 8.00. The number of carbonyl (C=O) groups excluding carboxylic acids is 3. The predicted octanol–water partition coefficient (Wildman–Crippen LogP) is 0.718. The molecule has 4 aliphatic rings. The fourth-order valence-corrected chi connectivity index (χ4v) is 7.27. The van der Waals surface area contributed by atoms with E-state index in [1.54, 1.807) is 11.8 Å². The lowest BCUT2D eigenvalue weighted by atomic mass is 9.77. The Kier molecular flexibility index (Phi) is 3.12. The molecule has 0 aromatic carbocycles. The minimum atomic E-state index is -0.584. The number of H-pyrrole nitrogens is 1. The normalized spacial score (nSPS) is 34.7. The van der Waals surface area contributed by atoms with Crippen LogP contribution in [0.25, 0.3) is 6.08 Å². The van der Waals surface area contributed by atoms with Crippen molar-refractivity contribution in [1.82, 2.24) is 9.88 Å². The fraction of sp³-hybridized carbons (Fsp3) is 0.500. The predicted molar refractivity (Wildman–Crippen MR) is 89.9 cm³/mol. The van der Waals surface area contributed by atoms with Crippen molar-refractivity contribution in [2.45, 2.75) is 16.7 Å².